The number of rotatable bonds is 7. The number of hydrogen-bond donors (Lipinski definition) is 1. The molecule has 7 heteroatoms. The van der Waals surface area contributed by atoms with Gasteiger partial charge in [0.2, 0.25) is 0 Å². The minimum atomic E-state index is 0.541. The summed E-state index contributed by atoms with van der Waals surface area (Å²) in [6.07, 6.45) is 0.838. The zero-order valence-corrected chi connectivity index (χ0v) is 13.0. The van der Waals surface area contributed by atoms with Crippen molar-refractivity contribution in [2.45, 2.75) is 26.8 Å². The number of nitrogens with zero attached hydrogens (tertiary/aromatic N) is 4. The Labute approximate surface area is 129 Å². The van der Waals surface area contributed by atoms with Gasteiger partial charge in [0.1, 0.15) is 0 Å². The second-order valence-corrected chi connectivity index (χ2v) is 5.69. The lowest BCUT2D eigenvalue weighted by atomic mass is 10.2. The molecule has 0 aliphatic heterocycles. The van der Waals surface area contributed by atoms with Crippen molar-refractivity contribution in [1.29, 1.82) is 0 Å². The van der Waals surface area contributed by atoms with E-state index in [1.54, 1.807) is 22.9 Å². The molecule has 0 fully saturated rings. The molecule has 0 aliphatic carbocycles. The number of nitrogens with two attached hydrogens (primary N) is 1. The maximum absolute atomic E-state index is 6.19. The molecule has 1 aromatic heterocycles. The van der Waals surface area contributed by atoms with E-state index in [-0.39, 0.29) is 0 Å². The predicted octanol–water partition coefficient (Wildman–Crippen LogP) is 2.64. The van der Waals surface area contributed by atoms with Crippen molar-refractivity contribution in [3.63, 3.8) is 0 Å². The van der Waals surface area contributed by atoms with Crippen LogP contribution >= 0.6 is 11.6 Å². The van der Waals surface area contributed by atoms with Crippen LogP contribution < -0.4 is 5.73 Å². The molecule has 114 valence electrons. The number of halogens is 1. The number of nitrogen functional groups attached to an aromatic ring is 1. The molecule has 0 aliphatic rings. The fraction of sp³-hybridized carbons (Fsp3) is 0.500. The first kappa shape index (κ1) is 15.7. The number of hydrogen-bond acceptors (Lipinski definition) is 5. The molecule has 0 unspecified atom stereocenters. The normalized spacial score (nSPS) is 11.2. The third-order valence-electron chi connectivity index (χ3n) is 2.87. The number of anilines is 1. The summed E-state index contributed by atoms with van der Waals surface area (Å²) in [4.78, 5) is 0. The first-order valence-electron chi connectivity index (χ1n) is 6.97. The van der Waals surface area contributed by atoms with Gasteiger partial charge < -0.3 is 10.5 Å². The van der Waals surface area contributed by atoms with Gasteiger partial charge in [-0.15, -0.1) is 5.10 Å². The molecule has 2 rings (SSSR count). The maximum Gasteiger partial charge on any atom is 0.183 e. The Hall–Kier alpha value is -1.66. The van der Waals surface area contributed by atoms with Crippen molar-refractivity contribution in [3.05, 3.63) is 23.2 Å². The molecule has 6 nitrogen and oxygen atoms in total. The van der Waals surface area contributed by atoms with Gasteiger partial charge in [0.05, 0.1) is 5.02 Å². The third-order valence-corrected chi connectivity index (χ3v) is 3.20. The molecular formula is C14H20ClN5O. The van der Waals surface area contributed by atoms with Gasteiger partial charge in [-0.2, -0.15) is 0 Å². The van der Waals surface area contributed by atoms with Gasteiger partial charge in [-0.25, -0.2) is 4.68 Å². The van der Waals surface area contributed by atoms with Crippen LogP contribution in [0.15, 0.2) is 18.2 Å². The molecule has 1 heterocycles. The van der Waals surface area contributed by atoms with Crippen LogP contribution in [0, 0.1) is 5.92 Å². The van der Waals surface area contributed by atoms with Crippen molar-refractivity contribution >= 4 is 17.3 Å². The van der Waals surface area contributed by atoms with E-state index in [0.717, 1.165) is 18.6 Å². The Kier molecular flexibility index (Phi) is 5.52. The Morgan fingerprint density at radius 1 is 1.38 bits per heavy atom. The van der Waals surface area contributed by atoms with Crippen LogP contribution in [-0.4, -0.2) is 33.4 Å². The summed E-state index contributed by atoms with van der Waals surface area (Å²) in [5.41, 5.74) is 7.16. The highest BCUT2D eigenvalue weighted by atomic mass is 35.5. The molecule has 1 aromatic carbocycles. The number of ether oxygens (including phenoxy) is 1. The molecule has 0 saturated heterocycles. The van der Waals surface area contributed by atoms with Gasteiger partial charge in [0, 0.05) is 31.0 Å². The smallest absolute Gasteiger partial charge is 0.183 e. The summed E-state index contributed by atoms with van der Waals surface area (Å²) in [5, 5.41) is 12.3. The highest BCUT2D eigenvalue weighted by Crippen LogP contribution is 2.27. The maximum atomic E-state index is 6.19. The topological polar surface area (TPSA) is 78.8 Å². The second kappa shape index (κ2) is 7.38. The predicted molar refractivity (Wildman–Crippen MR) is 82.9 cm³/mol. The Bertz CT molecular complexity index is 584. The van der Waals surface area contributed by atoms with Gasteiger partial charge in [-0.1, -0.05) is 25.4 Å². The van der Waals surface area contributed by atoms with Crippen LogP contribution in [-0.2, 0) is 11.3 Å². The monoisotopic (exact) mass is 309 g/mol. The molecule has 2 N–H and O–H groups in total. The summed E-state index contributed by atoms with van der Waals surface area (Å²) < 4.78 is 7.28. The second-order valence-electron chi connectivity index (χ2n) is 5.29. The van der Waals surface area contributed by atoms with E-state index < -0.39 is 0 Å². The van der Waals surface area contributed by atoms with Gasteiger partial charge in [-0.05, 0) is 41.0 Å². The molecule has 0 saturated carbocycles. The van der Waals surface area contributed by atoms with Crippen molar-refractivity contribution in [1.82, 2.24) is 20.2 Å². The largest absolute Gasteiger partial charge is 0.399 e. The number of benzene rings is 1. The van der Waals surface area contributed by atoms with E-state index in [0.29, 0.717) is 35.6 Å². The molecule has 2 aromatic rings. The summed E-state index contributed by atoms with van der Waals surface area (Å²) >= 11 is 6.19. The minimum Gasteiger partial charge on any atom is -0.399 e. The molecule has 0 radical (unpaired) electrons. The molecule has 0 atom stereocenters. The Morgan fingerprint density at radius 3 is 2.95 bits per heavy atom. The van der Waals surface area contributed by atoms with E-state index >= 15 is 0 Å². The van der Waals surface area contributed by atoms with Crippen LogP contribution in [0.25, 0.3) is 11.4 Å². The van der Waals surface area contributed by atoms with Crippen molar-refractivity contribution < 1.29 is 4.74 Å². The highest BCUT2D eigenvalue weighted by molar-refractivity contribution is 6.33. The Balaban J connectivity index is 2.00. The van der Waals surface area contributed by atoms with Gasteiger partial charge >= 0.3 is 0 Å². The van der Waals surface area contributed by atoms with E-state index in [1.807, 2.05) is 0 Å². The van der Waals surface area contributed by atoms with Gasteiger partial charge in [0.15, 0.2) is 5.82 Å². The van der Waals surface area contributed by atoms with Gasteiger partial charge in [0.25, 0.3) is 0 Å². The van der Waals surface area contributed by atoms with Crippen LogP contribution in [0.1, 0.15) is 20.3 Å². The lowest BCUT2D eigenvalue weighted by Crippen LogP contribution is -2.08. The van der Waals surface area contributed by atoms with Crippen molar-refractivity contribution in [3.8, 4) is 11.4 Å². The number of aryl methyl sites for hydroxylation is 1. The van der Waals surface area contributed by atoms with Crippen LogP contribution in [0.4, 0.5) is 5.69 Å². The van der Waals surface area contributed by atoms with Crippen molar-refractivity contribution in [2.24, 2.45) is 5.92 Å². The lowest BCUT2D eigenvalue weighted by molar-refractivity contribution is 0.105. The third kappa shape index (κ3) is 4.41. The molecule has 0 amide bonds. The SMILES string of the molecule is CC(C)COCCCn1nnnc1-c1cc(N)ccc1Cl. The van der Waals surface area contributed by atoms with E-state index in [9.17, 15) is 0 Å². The van der Waals surface area contributed by atoms with Crippen LogP contribution in [0.3, 0.4) is 0 Å². The van der Waals surface area contributed by atoms with Crippen LogP contribution in [0.2, 0.25) is 5.02 Å². The molecule has 21 heavy (non-hydrogen) atoms. The molecule has 0 spiro atoms. The quantitative estimate of drug-likeness (QED) is 0.628. The summed E-state index contributed by atoms with van der Waals surface area (Å²) in [6, 6.07) is 5.27. The zero-order valence-electron chi connectivity index (χ0n) is 12.3. The van der Waals surface area contributed by atoms with Gasteiger partial charge in [-0.3, -0.25) is 0 Å². The molecular weight excluding hydrogens is 290 g/mol. The molecule has 0 bridgehead atoms. The van der Waals surface area contributed by atoms with E-state index in [4.69, 9.17) is 22.1 Å². The lowest BCUT2D eigenvalue weighted by Gasteiger charge is -2.08. The van der Waals surface area contributed by atoms with E-state index in [2.05, 4.69) is 29.4 Å². The number of aromatic nitrogens is 4. The highest BCUT2D eigenvalue weighted by Gasteiger charge is 2.12. The average Bonchev–Trinajstić information content (AvgIpc) is 2.89. The summed E-state index contributed by atoms with van der Waals surface area (Å²) in [7, 11) is 0. The summed E-state index contributed by atoms with van der Waals surface area (Å²) in [6.45, 7) is 6.37. The fourth-order valence-electron chi connectivity index (χ4n) is 1.90. The van der Waals surface area contributed by atoms with E-state index in [1.165, 1.54) is 0 Å². The first-order chi connectivity index (χ1) is 10.1. The van der Waals surface area contributed by atoms with Crippen molar-refractivity contribution in [2.75, 3.05) is 18.9 Å². The minimum absolute atomic E-state index is 0.541. The first-order valence-corrected chi connectivity index (χ1v) is 7.35. The number of tetrazole rings is 1. The zero-order chi connectivity index (χ0) is 15.2. The average molecular weight is 310 g/mol. The fourth-order valence-corrected chi connectivity index (χ4v) is 2.10. The standard InChI is InChI=1S/C14H20ClN5O/c1-10(2)9-21-7-3-6-20-14(17-18-19-20)12-8-11(16)4-5-13(12)15/h4-5,8,10H,3,6-7,9,16H2,1-2H3. The van der Waals surface area contributed by atoms with Crippen LogP contribution in [0.5, 0.6) is 0 Å². The Morgan fingerprint density at radius 2 is 2.19 bits per heavy atom. The summed E-state index contributed by atoms with van der Waals surface area (Å²) in [5.74, 6) is 1.16.